The molecule has 0 aromatic heterocycles. The van der Waals surface area contributed by atoms with E-state index >= 15 is 0 Å². The maximum Gasteiger partial charge on any atom is 0.225 e. The van der Waals surface area contributed by atoms with Gasteiger partial charge in [0.25, 0.3) is 0 Å². The highest BCUT2D eigenvalue weighted by atomic mass is 16.2. The van der Waals surface area contributed by atoms with Crippen molar-refractivity contribution in [3.8, 4) is 0 Å². The molecule has 1 aliphatic carbocycles. The van der Waals surface area contributed by atoms with Crippen molar-refractivity contribution < 1.29 is 4.79 Å². The molecule has 1 saturated carbocycles. The number of rotatable bonds is 1. The minimum absolute atomic E-state index is 0.403. The van der Waals surface area contributed by atoms with E-state index in [1.165, 1.54) is 6.42 Å². The molecule has 0 aromatic rings. The Bertz CT molecular complexity index is 210. The summed E-state index contributed by atoms with van der Waals surface area (Å²) in [7, 11) is 0. The first-order chi connectivity index (χ1) is 6.18. The van der Waals surface area contributed by atoms with Gasteiger partial charge in [0.2, 0.25) is 5.91 Å². The number of carbonyl (C=O) groups excluding carboxylic acids is 1. The van der Waals surface area contributed by atoms with Crippen molar-refractivity contribution in [2.24, 2.45) is 17.8 Å². The summed E-state index contributed by atoms with van der Waals surface area (Å²) < 4.78 is 0. The van der Waals surface area contributed by atoms with E-state index in [9.17, 15) is 4.79 Å². The van der Waals surface area contributed by atoms with E-state index < -0.39 is 0 Å². The first-order valence-electron chi connectivity index (χ1n) is 5.47. The number of piperidine rings is 1. The number of likely N-dealkylation sites (tertiary alicyclic amines) is 1. The maximum absolute atomic E-state index is 11.7. The van der Waals surface area contributed by atoms with Crippen LogP contribution in [0.4, 0.5) is 0 Å². The molecular formula is C11H19NO. The van der Waals surface area contributed by atoms with Gasteiger partial charge in [-0.2, -0.15) is 0 Å². The second kappa shape index (κ2) is 3.32. The monoisotopic (exact) mass is 181 g/mol. The molecule has 0 unspecified atom stereocenters. The summed E-state index contributed by atoms with van der Waals surface area (Å²) in [5.74, 6) is 2.32. The van der Waals surface area contributed by atoms with Crippen LogP contribution in [0, 0.1) is 17.8 Å². The van der Waals surface area contributed by atoms with Crippen LogP contribution in [0.15, 0.2) is 0 Å². The molecule has 0 spiro atoms. The molecule has 13 heavy (non-hydrogen) atoms. The summed E-state index contributed by atoms with van der Waals surface area (Å²) in [5.41, 5.74) is 0. The molecule has 1 aliphatic heterocycles. The van der Waals surface area contributed by atoms with E-state index in [2.05, 4.69) is 18.7 Å². The molecule has 1 heterocycles. The Morgan fingerprint density at radius 1 is 1.15 bits per heavy atom. The highest BCUT2D eigenvalue weighted by Gasteiger charge is 2.35. The highest BCUT2D eigenvalue weighted by molar-refractivity contribution is 5.81. The van der Waals surface area contributed by atoms with Gasteiger partial charge in [0, 0.05) is 19.0 Å². The molecule has 2 heteroatoms. The van der Waals surface area contributed by atoms with Crippen molar-refractivity contribution in [1.29, 1.82) is 0 Å². The van der Waals surface area contributed by atoms with Crippen LogP contribution in [-0.2, 0) is 4.79 Å². The Morgan fingerprint density at radius 2 is 1.85 bits per heavy atom. The van der Waals surface area contributed by atoms with Gasteiger partial charge in [0.05, 0.1) is 0 Å². The molecule has 0 radical (unpaired) electrons. The van der Waals surface area contributed by atoms with Crippen LogP contribution in [0.1, 0.15) is 33.1 Å². The average molecular weight is 181 g/mol. The molecule has 1 saturated heterocycles. The lowest BCUT2D eigenvalue weighted by atomic mass is 9.88. The van der Waals surface area contributed by atoms with Crippen molar-refractivity contribution in [2.45, 2.75) is 33.1 Å². The van der Waals surface area contributed by atoms with Gasteiger partial charge in [-0.15, -0.1) is 0 Å². The van der Waals surface area contributed by atoms with Crippen molar-refractivity contribution >= 4 is 5.91 Å². The van der Waals surface area contributed by atoms with Crippen LogP contribution in [0.3, 0.4) is 0 Å². The largest absolute Gasteiger partial charge is 0.342 e. The van der Waals surface area contributed by atoms with Gasteiger partial charge in [-0.1, -0.05) is 13.8 Å². The quantitative estimate of drug-likeness (QED) is 0.605. The number of hydrogen-bond donors (Lipinski definition) is 0. The summed E-state index contributed by atoms with van der Waals surface area (Å²) in [6.45, 7) is 6.55. The predicted octanol–water partition coefficient (Wildman–Crippen LogP) is 1.90. The molecule has 0 bridgehead atoms. The van der Waals surface area contributed by atoms with Crippen LogP contribution in [0.5, 0.6) is 0 Å². The van der Waals surface area contributed by atoms with E-state index in [0.29, 0.717) is 17.7 Å². The zero-order chi connectivity index (χ0) is 9.42. The molecule has 2 nitrogen and oxygen atoms in total. The third-order valence-electron chi connectivity index (χ3n) is 3.57. The van der Waals surface area contributed by atoms with Gasteiger partial charge >= 0.3 is 0 Å². The molecule has 2 rings (SSSR count). The third kappa shape index (κ3) is 1.87. The Labute approximate surface area is 80.3 Å². The van der Waals surface area contributed by atoms with E-state index in [0.717, 1.165) is 31.8 Å². The Hall–Kier alpha value is -0.530. The summed E-state index contributed by atoms with van der Waals surface area (Å²) in [5, 5.41) is 0. The minimum Gasteiger partial charge on any atom is -0.342 e. The van der Waals surface area contributed by atoms with Crippen molar-refractivity contribution in [2.75, 3.05) is 13.1 Å². The van der Waals surface area contributed by atoms with Gasteiger partial charge in [-0.25, -0.2) is 0 Å². The molecule has 74 valence electrons. The lowest BCUT2D eigenvalue weighted by molar-refractivity contribution is -0.134. The maximum atomic E-state index is 11.7. The van der Waals surface area contributed by atoms with E-state index in [1.807, 2.05) is 0 Å². The number of nitrogens with zero attached hydrogens (tertiary/aromatic N) is 1. The van der Waals surface area contributed by atoms with E-state index in [-0.39, 0.29) is 0 Å². The van der Waals surface area contributed by atoms with E-state index in [4.69, 9.17) is 0 Å². The third-order valence-corrected chi connectivity index (χ3v) is 3.57. The Morgan fingerprint density at radius 3 is 2.38 bits per heavy atom. The molecular weight excluding hydrogens is 162 g/mol. The normalized spacial score (nSPS) is 34.8. The first-order valence-corrected chi connectivity index (χ1v) is 5.47. The van der Waals surface area contributed by atoms with Gasteiger partial charge in [-0.05, 0) is 31.1 Å². The lowest BCUT2D eigenvalue weighted by Crippen LogP contribution is -2.42. The lowest BCUT2D eigenvalue weighted by Gasteiger charge is -2.35. The van der Waals surface area contributed by atoms with Gasteiger partial charge in [0.1, 0.15) is 0 Å². The molecule has 1 amide bonds. The molecule has 0 N–H and O–H groups in total. The zero-order valence-corrected chi connectivity index (χ0v) is 8.62. The molecule has 0 aromatic carbocycles. The fourth-order valence-electron chi connectivity index (χ4n) is 2.05. The minimum atomic E-state index is 0.403. The summed E-state index contributed by atoms with van der Waals surface area (Å²) in [6, 6.07) is 0. The standard InChI is InChI=1S/C11H19NO/c1-8-5-6-12(7-9(8)2)11(13)10-3-4-10/h8-10H,3-7H2,1-2H3/t8-,9+/m0/s1. The fourth-order valence-corrected chi connectivity index (χ4v) is 2.05. The summed E-state index contributed by atoms with van der Waals surface area (Å²) in [6.07, 6.45) is 3.47. The smallest absolute Gasteiger partial charge is 0.225 e. The van der Waals surface area contributed by atoms with Crippen LogP contribution in [0.25, 0.3) is 0 Å². The summed E-state index contributed by atoms with van der Waals surface area (Å²) in [4.78, 5) is 13.8. The zero-order valence-electron chi connectivity index (χ0n) is 8.62. The van der Waals surface area contributed by atoms with Gasteiger partial charge in [0.15, 0.2) is 0 Å². The molecule has 2 fully saturated rings. The van der Waals surface area contributed by atoms with Crippen molar-refractivity contribution in [3.05, 3.63) is 0 Å². The second-order valence-corrected chi connectivity index (χ2v) is 4.80. The van der Waals surface area contributed by atoms with Crippen LogP contribution >= 0.6 is 0 Å². The van der Waals surface area contributed by atoms with Crippen LogP contribution in [-0.4, -0.2) is 23.9 Å². The second-order valence-electron chi connectivity index (χ2n) is 4.80. The van der Waals surface area contributed by atoms with Crippen molar-refractivity contribution in [1.82, 2.24) is 4.90 Å². The topological polar surface area (TPSA) is 20.3 Å². The van der Waals surface area contributed by atoms with Gasteiger partial charge < -0.3 is 4.90 Å². The average Bonchev–Trinajstić information content (AvgIpc) is 2.91. The predicted molar refractivity (Wildman–Crippen MR) is 52.2 cm³/mol. The first kappa shape index (κ1) is 9.04. The number of carbonyl (C=O) groups is 1. The SMILES string of the molecule is C[C@@H]1CN(C(=O)C2CC2)CC[C@@H]1C. The Balaban J connectivity index is 1.90. The number of amides is 1. The van der Waals surface area contributed by atoms with Crippen molar-refractivity contribution in [3.63, 3.8) is 0 Å². The van der Waals surface area contributed by atoms with Crippen LogP contribution in [0.2, 0.25) is 0 Å². The Kier molecular flexibility index (Phi) is 2.31. The fraction of sp³-hybridized carbons (Fsp3) is 0.909. The van der Waals surface area contributed by atoms with Crippen LogP contribution < -0.4 is 0 Å². The van der Waals surface area contributed by atoms with Gasteiger partial charge in [-0.3, -0.25) is 4.79 Å². The molecule has 2 atom stereocenters. The summed E-state index contributed by atoms with van der Waals surface area (Å²) >= 11 is 0. The highest BCUT2D eigenvalue weighted by Crippen LogP contribution is 2.33. The van der Waals surface area contributed by atoms with E-state index in [1.54, 1.807) is 0 Å². The molecule has 2 aliphatic rings. The number of hydrogen-bond acceptors (Lipinski definition) is 1.